The molecule has 0 spiro atoms. The lowest BCUT2D eigenvalue weighted by Gasteiger charge is -2.07. The third-order valence-corrected chi connectivity index (χ3v) is 4.33. The van der Waals surface area contributed by atoms with Crippen molar-refractivity contribution in [2.24, 2.45) is 0 Å². The van der Waals surface area contributed by atoms with Gasteiger partial charge in [0, 0.05) is 12.5 Å². The summed E-state index contributed by atoms with van der Waals surface area (Å²) >= 11 is 0. The Hall–Kier alpha value is -2.74. The first-order valence-corrected chi connectivity index (χ1v) is 7.53. The van der Waals surface area contributed by atoms with E-state index in [1.165, 1.54) is 6.08 Å². The van der Waals surface area contributed by atoms with Gasteiger partial charge < -0.3 is 9.47 Å². The fraction of sp³-hybridized carbons (Fsp3) is 0.167. The smallest absolute Gasteiger partial charge is 0.336 e. The largest absolute Gasteiger partial charge is 0.417 e. The number of epoxide rings is 1. The number of rotatable bonds is 4. The summed E-state index contributed by atoms with van der Waals surface area (Å²) in [6, 6.07) is 7.04. The predicted octanol–water partition coefficient (Wildman–Crippen LogP) is 4.00. The number of ether oxygens (including phenoxy) is 2. The minimum absolute atomic E-state index is 0.146. The fourth-order valence-corrected chi connectivity index (χ4v) is 2.65. The predicted molar refractivity (Wildman–Crippen MR) is 78.5 cm³/mol. The summed E-state index contributed by atoms with van der Waals surface area (Å²) in [4.78, 5) is 11.6. The molecule has 2 fully saturated rings. The van der Waals surface area contributed by atoms with E-state index >= 15 is 0 Å². The highest BCUT2D eigenvalue weighted by Crippen LogP contribution is 2.67. The number of hydrogen-bond acceptors (Lipinski definition) is 3. The lowest BCUT2D eigenvalue weighted by atomic mass is 10.1. The van der Waals surface area contributed by atoms with E-state index in [1.54, 1.807) is 12.1 Å². The fourth-order valence-electron chi connectivity index (χ4n) is 2.65. The lowest BCUT2D eigenvalue weighted by molar-refractivity contribution is -0.129. The first kappa shape index (κ1) is 16.7. The second-order valence-corrected chi connectivity index (χ2v) is 5.98. The van der Waals surface area contributed by atoms with Crippen LogP contribution in [0.25, 0.3) is 6.08 Å². The Bertz CT molecular complexity index is 917. The van der Waals surface area contributed by atoms with Crippen LogP contribution in [0.5, 0.6) is 5.75 Å². The van der Waals surface area contributed by atoms with Crippen LogP contribution in [0.3, 0.4) is 0 Å². The molecule has 8 heteroatoms. The van der Waals surface area contributed by atoms with Gasteiger partial charge in [-0.05, 0) is 17.2 Å². The molecule has 0 N–H and O–H groups in total. The van der Waals surface area contributed by atoms with Crippen molar-refractivity contribution in [3.05, 3.63) is 70.6 Å². The van der Waals surface area contributed by atoms with Crippen LogP contribution >= 0.6 is 0 Å². The van der Waals surface area contributed by atoms with E-state index < -0.39 is 40.8 Å². The Kier molecular flexibility index (Phi) is 3.62. The Morgan fingerprint density at radius 3 is 2.00 bits per heavy atom. The van der Waals surface area contributed by atoms with Crippen molar-refractivity contribution in [1.29, 1.82) is 0 Å². The molecule has 0 amide bonds. The van der Waals surface area contributed by atoms with Crippen molar-refractivity contribution in [1.82, 2.24) is 0 Å². The number of fused-ring (bicyclic) bond motifs is 1. The summed E-state index contributed by atoms with van der Waals surface area (Å²) in [5.74, 6) is -14.1. The third kappa shape index (κ3) is 2.57. The van der Waals surface area contributed by atoms with Crippen molar-refractivity contribution in [2.45, 2.75) is 18.1 Å². The molecule has 1 saturated carbocycles. The van der Waals surface area contributed by atoms with E-state index in [1.807, 2.05) is 12.1 Å². The van der Waals surface area contributed by atoms with E-state index in [9.17, 15) is 26.7 Å². The quantitative estimate of drug-likeness (QED) is 0.156. The van der Waals surface area contributed by atoms with Crippen LogP contribution in [0, 0.1) is 29.1 Å². The van der Waals surface area contributed by atoms with Gasteiger partial charge in [-0.3, -0.25) is 0 Å². The van der Waals surface area contributed by atoms with Crippen molar-refractivity contribution in [3.8, 4) is 5.75 Å². The molecule has 1 aliphatic carbocycles. The highest BCUT2D eigenvalue weighted by Gasteiger charge is 2.74. The molecule has 26 heavy (non-hydrogen) atoms. The summed E-state index contributed by atoms with van der Waals surface area (Å²) in [7, 11) is 0. The zero-order chi connectivity index (χ0) is 18.6. The van der Waals surface area contributed by atoms with Crippen LogP contribution < -0.4 is 4.74 Å². The molecule has 134 valence electrons. The minimum atomic E-state index is -2.33. The van der Waals surface area contributed by atoms with Gasteiger partial charge >= 0.3 is 5.97 Å². The Balaban J connectivity index is 1.48. The summed E-state index contributed by atoms with van der Waals surface area (Å²) < 4.78 is 75.6. The molecular formula is C18H9F5O3. The van der Waals surface area contributed by atoms with Crippen LogP contribution in [0.15, 0.2) is 30.3 Å². The molecule has 1 heterocycles. The van der Waals surface area contributed by atoms with Gasteiger partial charge in [-0.2, -0.15) is 8.78 Å². The highest BCUT2D eigenvalue weighted by molar-refractivity contribution is 5.88. The standard InChI is InChI=1S/C18H9F5O3/c19-12-13(20)15(22)17(16(23)14(12)21)25-11(24)6-3-8-1-4-9(5-2-8)18-7-10(18)26-18/h1-6,10H,7H2/b6-3+. The molecule has 0 radical (unpaired) electrons. The topological polar surface area (TPSA) is 38.8 Å². The number of carbonyl (C=O) groups is 1. The zero-order valence-corrected chi connectivity index (χ0v) is 12.9. The van der Waals surface area contributed by atoms with Gasteiger partial charge in [-0.1, -0.05) is 24.3 Å². The normalized spacial score (nSPS) is 23.0. The van der Waals surface area contributed by atoms with Crippen molar-refractivity contribution in [2.75, 3.05) is 0 Å². The van der Waals surface area contributed by atoms with Crippen LogP contribution in [0.4, 0.5) is 22.0 Å². The van der Waals surface area contributed by atoms with Gasteiger partial charge in [0.25, 0.3) is 0 Å². The second-order valence-electron chi connectivity index (χ2n) is 5.98. The van der Waals surface area contributed by atoms with E-state index in [0.717, 1.165) is 18.1 Å². The minimum Gasteiger partial charge on any atom is -0.417 e. The van der Waals surface area contributed by atoms with Gasteiger partial charge in [-0.15, -0.1) is 0 Å². The van der Waals surface area contributed by atoms with Gasteiger partial charge in [0.15, 0.2) is 0 Å². The molecule has 2 aromatic carbocycles. The molecule has 0 aromatic heterocycles. The number of benzene rings is 2. The zero-order valence-electron chi connectivity index (χ0n) is 12.9. The molecule has 2 atom stereocenters. The first-order chi connectivity index (χ1) is 12.3. The van der Waals surface area contributed by atoms with E-state index in [-0.39, 0.29) is 5.60 Å². The Morgan fingerprint density at radius 1 is 1.00 bits per heavy atom. The molecule has 2 unspecified atom stereocenters. The SMILES string of the molecule is O=C(/C=C/c1ccc(C23CC2O3)cc1)Oc1c(F)c(F)c(F)c(F)c1F. The average molecular weight is 368 g/mol. The molecule has 0 bridgehead atoms. The summed E-state index contributed by atoms with van der Waals surface area (Å²) in [5, 5.41) is 0. The lowest BCUT2D eigenvalue weighted by Crippen LogP contribution is -2.11. The van der Waals surface area contributed by atoms with Crippen LogP contribution in [0.1, 0.15) is 17.5 Å². The average Bonchev–Trinajstić information content (AvgIpc) is 3.51. The summed E-state index contributed by atoms with van der Waals surface area (Å²) in [6.07, 6.45) is 3.38. The van der Waals surface area contributed by atoms with Gasteiger partial charge in [0.2, 0.25) is 34.8 Å². The maximum absolute atomic E-state index is 13.5. The van der Waals surface area contributed by atoms with Gasteiger partial charge in [-0.25, -0.2) is 18.0 Å². The number of esters is 1. The molecule has 1 aliphatic heterocycles. The molecule has 2 aromatic rings. The monoisotopic (exact) mass is 368 g/mol. The van der Waals surface area contributed by atoms with E-state index in [2.05, 4.69) is 4.74 Å². The Labute approximate surface area is 143 Å². The molecule has 1 saturated heterocycles. The van der Waals surface area contributed by atoms with Crippen LogP contribution in [-0.4, -0.2) is 12.1 Å². The Morgan fingerprint density at radius 2 is 1.50 bits per heavy atom. The van der Waals surface area contributed by atoms with Gasteiger partial charge in [0.1, 0.15) is 5.60 Å². The van der Waals surface area contributed by atoms with E-state index in [0.29, 0.717) is 11.7 Å². The first-order valence-electron chi connectivity index (χ1n) is 7.53. The summed E-state index contributed by atoms with van der Waals surface area (Å²) in [6.45, 7) is 0. The number of hydrogen-bond donors (Lipinski definition) is 0. The van der Waals surface area contributed by atoms with Crippen LogP contribution in [0.2, 0.25) is 0 Å². The molecular weight excluding hydrogens is 359 g/mol. The highest BCUT2D eigenvalue weighted by atomic mass is 19.2. The maximum atomic E-state index is 13.5. The van der Waals surface area contributed by atoms with Crippen molar-refractivity contribution in [3.63, 3.8) is 0 Å². The maximum Gasteiger partial charge on any atom is 0.336 e. The molecule has 3 nitrogen and oxygen atoms in total. The summed E-state index contributed by atoms with van der Waals surface area (Å²) in [5.41, 5.74) is 1.45. The van der Waals surface area contributed by atoms with Crippen molar-refractivity contribution < 1.29 is 36.2 Å². The van der Waals surface area contributed by atoms with E-state index in [4.69, 9.17) is 4.74 Å². The second kappa shape index (κ2) is 5.63. The third-order valence-electron chi connectivity index (χ3n) is 4.33. The molecule has 4 rings (SSSR count). The number of carbonyl (C=O) groups excluding carboxylic acids is 1. The number of halogens is 5. The molecule has 2 aliphatic rings. The van der Waals surface area contributed by atoms with Gasteiger partial charge in [0.05, 0.1) is 6.10 Å². The van der Waals surface area contributed by atoms with Crippen LogP contribution in [-0.2, 0) is 15.1 Å². The van der Waals surface area contributed by atoms with Crippen molar-refractivity contribution >= 4 is 12.0 Å².